The fraction of sp³-hybridized carbons (Fsp3) is 0.705. The third kappa shape index (κ3) is 58.1. The minimum atomic E-state index is -1.06. The second kappa shape index (κ2) is 59.8. The number of alkyl carbamates (subject to hydrolysis) is 1. The molecule has 0 atom stereocenters. The van der Waals surface area contributed by atoms with Gasteiger partial charge in [0, 0.05) is 87.6 Å². The van der Waals surface area contributed by atoms with Crippen LogP contribution in [0.25, 0.3) is 0 Å². The maximum absolute atomic E-state index is 12.1. The number of aliphatic imine (C=N–C) groups is 2. The number of carbonyl (C=O) groups is 6. The van der Waals surface area contributed by atoms with Crippen LogP contribution in [0.5, 0.6) is 0 Å². The summed E-state index contributed by atoms with van der Waals surface area (Å²) in [5.74, 6) is 0.991. The van der Waals surface area contributed by atoms with E-state index in [1.165, 1.54) is 76.2 Å². The molecule has 8 N–H and O–H groups in total. The molecule has 0 radical (unpaired) electrons. The Hall–Kier alpha value is -5.85. The number of carbonyl (C=O) groups excluding carboxylic acids is 6. The van der Waals surface area contributed by atoms with Gasteiger partial charge in [0.15, 0.2) is 17.4 Å². The smallest absolute Gasteiger partial charge is 1.00 e. The van der Waals surface area contributed by atoms with Gasteiger partial charge in [-0.3, -0.25) is 14.8 Å². The van der Waals surface area contributed by atoms with E-state index < -0.39 is 40.3 Å². The molecule has 5 aliphatic carbocycles. The summed E-state index contributed by atoms with van der Waals surface area (Å²) in [6.07, 6.45) is 27.9. The maximum atomic E-state index is 12.1. The molecule has 6 aliphatic rings. The van der Waals surface area contributed by atoms with Crippen LogP contribution in [0.2, 0.25) is 0 Å². The molecule has 22 nitrogen and oxygen atoms in total. The fourth-order valence-corrected chi connectivity index (χ4v) is 12.0. The average Bonchev–Trinajstić information content (AvgIpc) is 1.23. The Balaban J connectivity index is -0.000000400. The van der Waals surface area contributed by atoms with Crippen LogP contribution in [0.15, 0.2) is 101 Å². The Bertz CT molecular complexity index is 2930. The van der Waals surface area contributed by atoms with Crippen molar-refractivity contribution >= 4 is 66.7 Å². The molecular weight excluding hydrogens is 1420 g/mol. The van der Waals surface area contributed by atoms with Gasteiger partial charge >= 0.3 is 49.5 Å². The number of hydrogen-bond donors (Lipinski definition) is 5. The maximum Gasteiger partial charge on any atom is 1.00 e. The molecule has 3 amide bonds. The molecule has 638 valence electrons. The number of ether oxygens (including phenoxy) is 7. The number of benzene rings is 3. The Morgan fingerprint density at radius 1 is 0.464 bits per heavy atom. The molecule has 1 heterocycles. The molecule has 112 heavy (non-hydrogen) atoms. The van der Waals surface area contributed by atoms with Crippen molar-refractivity contribution in [2.75, 3.05) is 34.4 Å². The third-order valence-electron chi connectivity index (χ3n) is 18.1. The zero-order chi connectivity index (χ0) is 80.2. The van der Waals surface area contributed by atoms with E-state index in [0.717, 1.165) is 114 Å². The van der Waals surface area contributed by atoms with Crippen molar-refractivity contribution in [1.29, 1.82) is 0 Å². The molecule has 24 heteroatoms. The number of hydrogen-bond acceptors (Lipinski definition) is 19. The van der Waals surface area contributed by atoms with E-state index in [4.69, 9.17) is 50.6 Å². The molecule has 5 saturated carbocycles. The minimum absolute atomic E-state index is 0. The van der Waals surface area contributed by atoms with Crippen LogP contribution in [0, 0.1) is 5.92 Å². The van der Waals surface area contributed by atoms with Crippen molar-refractivity contribution in [3.8, 4) is 0 Å². The summed E-state index contributed by atoms with van der Waals surface area (Å²) < 4.78 is 34.7. The van der Waals surface area contributed by atoms with Gasteiger partial charge in [-0.2, -0.15) is 0 Å². The molecule has 0 unspecified atom stereocenters. The van der Waals surface area contributed by atoms with Gasteiger partial charge in [-0.25, -0.2) is 24.0 Å². The second-order valence-electron chi connectivity index (χ2n) is 33.7. The topological polar surface area (TPSA) is 300 Å². The molecule has 9 rings (SSSR count). The number of rotatable bonds is 10. The van der Waals surface area contributed by atoms with Crippen LogP contribution >= 0.6 is 0 Å². The molecule has 1 aliphatic heterocycles. The molecular formula is C88H159AlLiN9O13. The zero-order valence-corrected chi connectivity index (χ0v) is 70.2. The summed E-state index contributed by atoms with van der Waals surface area (Å²) >= 11 is 0. The first-order valence-electron chi connectivity index (χ1n) is 39.4. The van der Waals surface area contributed by atoms with Gasteiger partial charge < -0.3 is 72.2 Å². The van der Waals surface area contributed by atoms with Gasteiger partial charge in [0.25, 0.3) is 0 Å². The van der Waals surface area contributed by atoms with Gasteiger partial charge in [-0.1, -0.05) is 127 Å². The van der Waals surface area contributed by atoms with Gasteiger partial charge in [0.1, 0.15) is 34.3 Å². The Morgan fingerprint density at radius 3 is 1.06 bits per heavy atom. The average molecular weight is 1590 g/mol. The van der Waals surface area contributed by atoms with E-state index in [-0.39, 0.29) is 96.3 Å². The van der Waals surface area contributed by atoms with Gasteiger partial charge in [0.2, 0.25) is 0 Å². The van der Waals surface area contributed by atoms with Crippen molar-refractivity contribution in [3.05, 3.63) is 108 Å². The van der Waals surface area contributed by atoms with Crippen molar-refractivity contribution < 1.29 is 82.2 Å². The Morgan fingerprint density at radius 2 is 0.768 bits per heavy atom. The van der Waals surface area contributed by atoms with Crippen molar-refractivity contribution in [1.82, 2.24) is 20.4 Å². The quantitative estimate of drug-likeness (QED) is 0.0315. The first-order valence-corrected chi connectivity index (χ1v) is 39.4. The number of nitrogens with zero attached hydrogens (tertiary/aromatic N) is 4. The van der Waals surface area contributed by atoms with Crippen LogP contribution in [-0.4, -0.2) is 193 Å². The zero-order valence-electron chi connectivity index (χ0n) is 71.2. The summed E-state index contributed by atoms with van der Waals surface area (Å²) in [5, 5.41) is 6.23. The van der Waals surface area contributed by atoms with Crippen LogP contribution < -0.4 is 46.7 Å². The number of aldehydes is 1. The minimum Gasteiger partial charge on any atom is -1.00 e. The first-order chi connectivity index (χ1) is 50.1. The van der Waals surface area contributed by atoms with Crippen LogP contribution in [0.3, 0.4) is 0 Å². The van der Waals surface area contributed by atoms with Crippen LogP contribution in [0.4, 0.5) is 24.0 Å². The second-order valence-corrected chi connectivity index (χ2v) is 33.7. The van der Waals surface area contributed by atoms with Crippen molar-refractivity contribution in [3.63, 3.8) is 0 Å². The molecule has 0 bridgehead atoms. The molecule has 0 spiro atoms. The van der Waals surface area contributed by atoms with E-state index in [9.17, 15) is 28.8 Å². The molecule has 6 fully saturated rings. The summed E-state index contributed by atoms with van der Waals surface area (Å²) in [6.45, 7) is 31.2. The molecule has 0 aromatic heterocycles. The van der Waals surface area contributed by atoms with Crippen LogP contribution in [0.1, 0.15) is 304 Å². The Labute approximate surface area is 703 Å². The van der Waals surface area contributed by atoms with E-state index in [2.05, 4.69) is 70.7 Å². The van der Waals surface area contributed by atoms with E-state index >= 15 is 0 Å². The molecule has 1 saturated heterocycles. The normalized spacial score (nSPS) is 21.9. The monoisotopic (exact) mass is 1580 g/mol. The first kappa shape index (κ1) is 112. The summed E-state index contributed by atoms with van der Waals surface area (Å²) in [6, 6.07) is 33.1. The Kier molecular flexibility index (Phi) is 60.0. The van der Waals surface area contributed by atoms with E-state index in [1.807, 2.05) is 131 Å². The van der Waals surface area contributed by atoms with Crippen LogP contribution in [-0.2, 0) is 33.2 Å². The van der Waals surface area contributed by atoms with Gasteiger partial charge in [-0.05, 0) is 269 Å². The molecule has 3 aromatic rings. The predicted molar refractivity (Wildman–Crippen MR) is 464 cm³/mol. The predicted octanol–water partition coefficient (Wildman–Crippen LogP) is 15.7. The van der Waals surface area contributed by atoms with Gasteiger partial charge in [-0.15, -0.1) is 0 Å². The summed E-state index contributed by atoms with van der Waals surface area (Å²) in [4.78, 5) is 80.2. The number of nitrogens with one attached hydrogen (secondary N) is 2. The standard InChI is InChI=1S/C19H28N2O2.C14H20N2.C12H24N2O2.C11H22N2O2.C10H18O5.C8H17N.C7H6O.C4H8O.3CH4.Al.Li.4H/c1-19(2,3)23-18(22)21(4)17-12-10-16(11-13-17)20-14-15-8-6-5-7-9-15;1-15-13-7-9-14(10-8-13)16-11-12-5-3-2-4-6-12;1-12(2,3)16-11(15)14(4)10-7-5-9(13)6-8-10;1-11(2,3)15-10(14)13-9-6-4-8(12)5-7-9;1-9(2,3)14-7(11)13-8(12)15-10(4,5)6;1-2-7-3-5-8(9)6-4-7;8-6-7-4-2-1-3-5-7;1-2-4-5-3-1;;;;;;;;;/h5-9,14,16-17H,10-13H2,1-4H3;2-6,11,13-15H,7-10H2,1H3;9-10H,5-8,13H2,1-4H3;8-9H,4-7,12H2,1-3H3,(H,13,14);1-6H3;7-8H,2-6,9H2,1H3;1-6H;1-4H2;3*1H4;;;;;;/q;;;;;;;;;;;;+1;;;;-1. The van der Waals surface area contributed by atoms with Crippen molar-refractivity contribution in [2.45, 2.75) is 363 Å². The SMILES string of the molecule is C.C.C.C1CCOC1.CC(C)(C)OC(=O)NC1CCC(N)CC1.CC(C)(C)OC(=O)OC(=O)OC(C)(C)C.CCC1CCC(N)CC1.CN(C(=O)OC(C)(C)C)C1CCC(N)CC1.CN(C(=O)OC(C)(C)C)C1CCC(N=Cc2ccccc2)CC1.CNC1CCC(N=Cc2ccccc2)CC1.O=Cc1ccccc1.[AlH3].[H-].[Li+]. The third-order valence-corrected chi connectivity index (χ3v) is 18.1. The summed E-state index contributed by atoms with van der Waals surface area (Å²) in [5.41, 5.74) is 17.8. The fourth-order valence-electron chi connectivity index (χ4n) is 12.0. The van der Waals surface area contributed by atoms with Gasteiger partial charge in [0.05, 0.1) is 12.1 Å². The largest absolute Gasteiger partial charge is 1.00 e. The number of amides is 3. The van der Waals surface area contributed by atoms with Crippen molar-refractivity contribution in [2.24, 2.45) is 33.1 Å². The summed E-state index contributed by atoms with van der Waals surface area (Å²) in [7, 11) is 5.71. The number of nitrogens with two attached hydrogens (primary N) is 3. The van der Waals surface area contributed by atoms with E-state index in [1.54, 1.807) is 63.5 Å². The molecule has 3 aromatic carbocycles. The van der Waals surface area contributed by atoms with E-state index in [0.29, 0.717) is 36.3 Å².